The Morgan fingerprint density at radius 2 is 1.69 bits per heavy atom. The van der Waals surface area contributed by atoms with Crippen LogP contribution in [-0.4, -0.2) is 61.2 Å². The standard InChI is InChI=1S/C25H28ClF2N3O3S/c1-15-4-5-17(27)21(22(15)28)23(32)30-9-6-25(7-10-30)8-11-31(14-25)24(35)29-18-13-19(33-2)16(26)12-20(18)34-3/h4-5,12-13H,6-11,14H2,1-3H3,(H,29,35). The van der Waals surface area contributed by atoms with Crippen LogP contribution in [0.2, 0.25) is 5.02 Å². The Labute approximate surface area is 214 Å². The van der Waals surface area contributed by atoms with Crippen LogP contribution in [0.25, 0.3) is 0 Å². The summed E-state index contributed by atoms with van der Waals surface area (Å²) < 4.78 is 39.4. The Morgan fingerprint density at radius 3 is 2.31 bits per heavy atom. The minimum atomic E-state index is -0.823. The molecule has 2 aliphatic rings. The van der Waals surface area contributed by atoms with Crippen molar-refractivity contribution in [3.05, 3.63) is 52.0 Å². The lowest BCUT2D eigenvalue weighted by atomic mass is 9.77. The molecular formula is C25H28ClF2N3O3S. The van der Waals surface area contributed by atoms with Crippen LogP contribution < -0.4 is 14.8 Å². The lowest BCUT2D eigenvalue weighted by Gasteiger charge is -2.39. The molecule has 2 saturated heterocycles. The molecule has 2 heterocycles. The highest BCUT2D eigenvalue weighted by Gasteiger charge is 2.42. The SMILES string of the molecule is COc1cc(NC(=S)N2CCC3(CCN(C(=O)c4c(F)ccc(C)c4F)CC3)C2)c(OC)cc1Cl. The van der Waals surface area contributed by atoms with Crippen molar-refractivity contribution in [2.75, 3.05) is 45.7 Å². The van der Waals surface area contributed by atoms with Crippen molar-refractivity contribution in [2.45, 2.75) is 26.2 Å². The van der Waals surface area contributed by atoms with Gasteiger partial charge in [0.15, 0.2) is 5.11 Å². The van der Waals surface area contributed by atoms with Gasteiger partial charge in [0.25, 0.3) is 5.91 Å². The van der Waals surface area contributed by atoms with E-state index in [0.29, 0.717) is 40.4 Å². The van der Waals surface area contributed by atoms with Crippen molar-refractivity contribution in [1.29, 1.82) is 0 Å². The van der Waals surface area contributed by atoms with E-state index in [4.69, 9.17) is 33.3 Å². The quantitative estimate of drug-likeness (QED) is 0.551. The lowest BCUT2D eigenvalue weighted by molar-refractivity contribution is 0.0589. The number of nitrogens with zero attached hydrogens (tertiary/aromatic N) is 2. The van der Waals surface area contributed by atoms with Gasteiger partial charge >= 0.3 is 0 Å². The normalized spacial score (nSPS) is 17.0. The van der Waals surface area contributed by atoms with Gasteiger partial charge in [-0.2, -0.15) is 0 Å². The molecule has 188 valence electrons. The molecule has 0 aromatic heterocycles. The van der Waals surface area contributed by atoms with Gasteiger partial charge in [-0.15, -0.1) is 0 Å². The number of piperidine rings is 1. The Morgan fingerprint density at radius 1 is 1.06 bits per heavy atom. The molecule has 6 nitrogen and oxygen atoms in total. The summed E-state index contributed by atoms with van der Waals surface area (Å²) in [4.78, 5) is 16.5. The number of aryl methyl sites for hydroxylation is 1. The van der Waals surface area contributed by atoms with Crippen LogP contribution in [0, 0.1) is 24.0 Å². The lowest BCUT2D eigenvalue weighted by Crippen LogP contribution is -2.45. The number of amides is 1. The molecule has 4 rings (SSSR count). The summed E-state index contributed by atoms with van der Waals surface area (Å²) in [5.41, 5.74) is 0.438. The van der Waals surface area contributed by atoms with E-state index in [0.717, 1.165) is 38.4 Å². The molecule has 0 saturated carbocycles. The van der Waals surface area contributed by atoms with Crippen molar-refractivity contribution in [3.63, 3.8) is 0 Å². The molecule has 2 fully saturated rings. The number of hydrogen-bond acceptors (Lipinski definition) is 4. The maximum Gasteiger partial charge on any atom is 0.259 e. The first-order valence-electron chi connectivity index (χ1n) is 11.4. The van der Waals surface area contributed by atoms with Crippen molar-refractivity contribution < 1.29 is 23.0 Å². The van der Waals surface area contributed by atoms with E-state index in [9.17, 15) is 13.6 Å². The van der Waals surface area contributed by atoms with Crippen molar-refractivity contribution >= 4 is 40.5 Å². The van der Waals surface area contributed by atoms with Crippen molar-refractivity contribution in [2.24, 2.45) is 5.41 Å². The Balaban J connectivity index is 1.39. The summed E-state index contributed by atoms with van der Waals surface area (Å²) in [5.74, 6) is -1.14. The highest BCUT2D eigenvalue weighted by molar-refractivity contribution is 7.80. The fourth-order valence-corrected chi connectivity index (χ4v) is 5.36. The van der Waals surface area contributed by atoms with Crippen LogP contribution in [0.1, 0.15) is 35.2 Å². The number of nitrogens with one attached hydrogen (secondary N) is 1. The molecule has 1 amide bonds. The fraction of sp³-hybridized carbons (Fsp3) is 0.440. The maximum absolute atomic E-state index is 14.5. The number of thiocarbonyl (C=S) groups is 1. The van der Waals surface area contributed by atoms with Crippen molar-refractivity contribution in [3.8, 4) is 11.5 Å². The van der Waals surface area contributed by atoms with Crippen LogP contribution in [0.15, 0.2) is 24.3 Å². The van der Waals surface area contributed by atoms with Crippen LogP contribution in [0.5, 0.6) is 11.5 Å². The molecule has 0 bridgehead atoms. The first-order valence-corrected chi connectivity index (χ1v) is 12.2. The van der Waals surface area contributed by atoms with E-state index in [1.807, 2.05) is 0 Å². The summed E-state index contributed by atoms with van der Waals surface area (Å²) >= 11 is 11.9. The maximum atomic E-state index is 14.5. The van der Waals surface area contributed by atoms with Gasteiger partial charge in [0.2, 0.25) is 0 Å². The van der Waals surface area contributed by atoms with Gasteiger partial charge in [0.1, 0.15) is 28.7 Å². The fourth-order valence-electron chi connectivity index (χ4n) is 4.86. The molecule has 35 heavy (non-hydrogen) atoms. The molecule has 1 N–H and O–H groups in total. The first-order chi connectivity index (χ1) is 16.7. The third-order valence-electron chi connectivity index (χ3n) is 7.05. The Kier molecular flexibility index (Phi) is 7.38. The van der Waals surface area contributed by atoms with Gasteiger partial charge in [-0.25, -0.2) is 8.78 Å². The van der Waals surface area contributed by atoms with Crippen LogP contribution in [-0.2, 0) is 0 Å². The minimum Gasteiger partial charge on any atom is -0.495 e. The zero-order chi connectivity index (χ0) is 25.3. The van der Waals surface area contributed by atoms with Crippen LogP contribution in [0.4, 0.5) is 14.5 Å². The van der Waals surface area contributed by atoms with E-state index in [-0.39, 0.29) is 11.0 Å². The first kappa shape index (κ1) is 25.4. The minimum absolute atomic E-state index is 0.00597. The molecule has 2 aromatic carbocycles. The van der Waals surface area contributed by atoms with Crippen LogP contribution >= 0.6 is 23.8 Å². The molecule has 2 aromatic rings. The predicted molar refractivity (Wildman–Crippen MR) is 136 cm³/mol. The number of methoxy groups -OCH3 is 2. The second-order valence-corrected chi connectivity index (χ2v) is 9.93. The molecule has 0 atom stereocenters. The highest BCUT2D eigenvalue weighted by atomic mass is 35.5. The number of carbonyl (C=O) groups excluding carboxylic acids is 1. The molecular weight excluding hydrogens is 496 g/mol. The third-order valence-corrected chi connectivity index (χ3v) is 7.71. The zero-order valence-corrected chi connectivity index (χ0v) is 21.5. The molecule has 0 radical (unpaired) electrons. The van der Waals surface area contributed by atoms with E-state index in [2.05, 4.69) is 10.2 Å². The number of halogens is 3. The van der Waals surface area contributed by atoms with Crippen LogP contribution in [0.3, 0.4) is 0 Å². The molecule has 2 aliphatic heterocycles. The largest absolute Gasteiger partial charge is 0.495 e. The summed E-state index contributed by atoms with van der Waals surface area (Å²) in [6, 6.07) is 5.90. The number of ether oxygens (including phenoxy) is 2. The van der Waals surface area contributed by atoms with Gasteiger partial charge in [-0.1, -0.05) is 17.7 Å². The Hall–Kier alpha value is -2.65. The topological polar surface area (TPSA) is 54.0 Å². The summed E-state index contributed by atoms with van der Waals surface area (Å²) in [6.07, 6.45) is 2.40. The number of likely N-dealkylation sites (tertiary alicyclic amines) is 2. The average Bonchev–Trinajstić information content (AvgIpc) is 3.26. The summed E-state index contributed by atoms with van der Waals surface area (Å²) in [5, 5.41) is 4.24. The molecule has 0 unspecified atom stereocenters. The van der Waals surface area contributed by atoms with E-state index < -0.39 is 23.1 Å². The zero-order valence-electron chi connectivity index (χ0n) is 19.9. The van der Waals surface area contributed by atoms with Gasteiger partial charge < -0.3 is 24.6 Å². The highest BCUT2D eigenvalue weighted by Crippen LogP contribution is 2.42. The van der Waals surface area contributed by atoms with E-state index >= 15 is 0 Å². The van der Waals surface area contributed by atoms with E-state index in [1.54, 1.807) is 31.3 Å². The van der Waals surface area contributed by atoms with Gasteiger partial charge in [0, 0.05) is 38.3 Å². The average molecular weight is 524 g/mol. The summed E-state index contributed by atoms with van der Waals surface area (Å²) in [7, 11) is 3.10. The number of anilines is 1. The molecule has 0 aliphatic carbocycles. The number of rotatable bonds is 4. The predicted octanol–water partition coefficient (Wildman–Crippen LogP) is 5.27. The monoisotopic (exact) mass is 523 g/mol. The second-order valence-electron chi connectivity index (χ2n) is 9.13. The van der Waals surface area contributed by atoms with Gasteiger partial charge in [0.05, 0.1) is 24.9 Å². The number of carbonyl (C=O) groups is 1. The van der Waals surface area contributed by atoms with E-state index in [1.165, 1.54) is 13.0 Å². The van der Waals surface area contributed by atoms with Gasteiger partial charge in [-0.05, 0) is 55.4 Å². The number of hydrogen-bond donors (Lipinski definition) is 1. The molecule has 1 spiro atoms. The van der Waals surface area contributed by atoms with Gasteiger partial charge in [-0.3, -0.25) is 4.79 Å². The molecule has 10 heteroatoms. The number of benzene rings is 2. The smallest absolute Gasteiger partial charge is 0.259 e. The third kappa shape index (κ3) is 5.02. The Bertz CT molecular complexity index is 1160. The van der Waals surface area contributed by atoms with Crippen molar-refractivity contribution in [1.82, 2.24) is 9.80 Å². The summed E-state index contributed by atoms with van der Waals surface area (Å²) in [6.45, 7) is 3.93. The second kappa shape index (κ2) is 10.1.